The highest BCUT2D eigenvalue weighted by molar-refractivity contribution is 5.46. The minimum absolute atomic E-state index is 0.00770. The zero-order valence-corrected chi connectivity index (χ0v) is 11.2. The summed E-state index contributed by atoms with van der Waals surface area (Å²) in [6, 6.07) is 11.8. The third kappa shape index (κ3) is 3.32. The van der Waals surface area contributed by atoms with E-state index in [1.54, 1.807) is 0 Å². The molecule has 0 heterocycles. The Morgan fingerprint density at radius 1 is 0.950 bits per heavy atom. The molecule has 0 fully saturated rings. The molecule has 2 aromatic carbocycles. The molecule has 2 aromatic rings. The van der Waals surface area contributed by atoms with Crippen LogP contribution in [-0.4, -0.2) is 6.04 Å². The van der Waals surface area contributed by atoms with Gasteiger partial charge in [0.2, 0.25) is 0 Å². The van der Waals surface area contributed by atoms with Crippen molar-refractivity contribution in [3.05, 3.63) is 65.5 Å². The molecule has 1 N–H and O–H groups in total. The first-order valence-corrected chi connectivity index (χ1v) is 6.55. The second-order valence-electron chi connectivity index (χ2n) is 4.66. The molecule has 2 rings (SSSR count). The van der Waals surface area contributed by atoms with Crippen molar-refractivity contribution in [2.45, 2.75) is 25.8 Å². The molecule has 0 aromatic heterocycles. The summed E-state index contributed by atoms with van der Waals surface area (Å²) in [6.07, 6.45) is 1.43. The Labute approximate surface area is 116 Å². The minimum Gasteiger partial charge on any atom is -0.380 e. The van der Waals surface area contributed by atoms with Crippen molar-refractivity contribution in [1.82, 2.24) is 0 Å². The Morgan fingerprint density at radius 3 is 2.30 bits per heavy atom. The summed E-state index contributed by atoms with van der Waals surface area (Å²) < 4.78 is 39.7. The molecule has 0 bridgehead atoms. The smallest absolute Gasteiger partial charge is 0.196 e. The lowest BCUT2D eigenvalue weighted by molar-refractivity contribution is 0.448. The molecular formula is C16H16F3N. The lowest BCUT2D eigenvalue weighted by atomic mass is 10.0. The second kappa shape index (κ2) is 6.46. The first-order chi connectivity index (χ1) is 9.61. The maximum Gasteiger partial charge on any atom is 0.196 e. The predicted molar refractivity (Wildman–Crippen MR) is 74.2 cm³/mol. The molecule has 4 heteroatoms. The van der Waals surface area contributed by atoms with Gasteiger partial charge in [-0.15, -0.1) is 0 Å². The average Bonchev–Trinajstić information content (AvgIpc) is 2.48. The first-order valence-electron chi connectivity index (χ1n) is 6.55. The topological polar surface area (TPSA) is 12.0 Å². The van der Waals surface area contributed by atoms with Gasteiger partial charge in [0.15, 0.2) is 17.5 Å². The molecule has 1 nitrogen and oxygen atoms in total. The molecule has 106 valence electrons. The van der Waals surface area contributed by atoms with Crippen molar-refractivity contribution in [3.8, 4) is 0 Å². The minimum atomic E-state index is -1.44. The van der Waals surface area contributed by atoms with Gasteiger partial charge in [-0.25, -0.2) is 13.2 Å². The molecule has 1 atom stereocenters. The summed E-state index contributed by atoms with van der Waals surface area (Å²) in [4.78, 5) is 0. The van der Waals surface area contributed by atoms with E-state index in [1.807, 2.05) is 37.3 Å². The molecule has 0 aliphatic carbocycles. The number of hydrogen-bond acceptors (Lipinski definition) is 1. The van der Waals surface area contributed by atoms with Gasteiger partial charge in [-0.05, 0) is 30.5 Å². The summed E-state index contributed by atoms with van der Waals surface area (Å²) in [5.74, 6) is -3.79. The number of rotatable bonds is 5. The molecular weight excluding hydrogens is 263 g/mol. The van der Waals surface area contributed by atoms with Crippen molar-refractivity contribution in [3.63, 3.8) is 0 Å². The van der Waals surface area contributed by atoms with Gasteiger partial charge in [0.05, 0.1) is 5.69 Å². The van der Waals surface area contributed by atoms with Crippen molar-refractivity contribution in [1.29, 1.82) is 0 Å². The van der Waals surface area contributed by atoms with Gasteiger partial charge in [0, 0.05) is 6.04 Å². The van der Waals surface area contributed by atoms with Crippen molar-refractivity contribution in [2.75, 3.05) is 5.32 Å². The highest BCUT2D eigenvalue weighted by Crippen LogP contribution is 2.21. The molecule has 0 amide bonds. The number of anilines is 1. The zero-order valence-electron chi connectivity index (χ0n) is 11.2. The maximum atomic E-state index is 13.6. The largest absolute Gasteiger partial charge is 0.380 e. The van der Waals surface area contributed by atoms with Crippen molar-refractivity contribution < 1.29 is 13.2 Å². The lowest BCUT2D eigenvalue weighted by Crippen LogP contribution is -2.22. The van der Waals surface area contributed by atoms with Gasteiger partial charge in [-0.2, -0.15) is 0 Å². The van der Waals surface area contributed by atoms with Crippen molar-refractivity contribution >= 4 is 5.69 Å². The Hall–Kier alpha value is -1.97. The maximum absolute atomic E-state index is 13.6. The number of nitrogens with one attached hydrogen (secondary N) is 1. The van der Waals surface area contributed by atoms with Crippen LogP contribution in [0.15, 0.2) is 42.5 Å². The van der Waals surface area contributed by atoms with E-state index in [2.05, 4.69) is 5.32 Å². The van der Waals surface area contributed by atoms with Crippen LogP contribution in [0.5, 0.6) is 0 Å². The van der Waals surface area contributed by atoms with Crippen LogP contribution in [0.1, 0.15) is 18.9 Å². The molecule has 0 spiro atoms. The van der Waals surface area contributed by atoms with Crippen LogP contribution in [0.25, 0.3) is 0 Å². The molecule has 0 saturated heterocycles. The van der Waals surface area contributed by atoms with Crippen molar-refractivity contribution in [2.24, 2.45) is 0 Å². The number of hydrogen-bond donors (Lipinski definition) is 1. The van der Waals surface area contributed by atoms with E-state index < -0.39 is 17.5 Å². The second-order valence-corrected chi connectivity index (χ2v) is 4.66. The Kier molecular flexibility index (Phi) is 4.66. The highest BCUT2D eigenvalue weighted by Gasteiger charge is 2.16. The zero-order chi connectivity index (χ0) is 14.5. The van der Waals surface area contributed by atoms with Crippen LogP contribution in [-0.2, 0) is 6.42 Å². The molecule has 0 aliphatic rings. The van der Waals surface area contributed by atoms with E-state index in [4.69, 9.17) is 0 Å². The summed E-state index contributed by atoms with van der Waals surface area (Å²) in [7, 11) is 0. The Balaban J connectivity index is 2.13. The summed E-state index contributed by atoms with van der Waals surface area (Å²) in [5.41, 5.74) is 1.10. The van der Waals surface area contributed by atoms with Gasteiger partial charge in [0.1, 0.15) is 0 Å². The molecule has 0 radical (unpaired) electrons. The van der Waals surface area contributed by atoms with E-state index in [0.29, 0.717) is 6.42 Å². The van der Waals surface area contributed by atoms with Crippen LogP contribution in [0.2, 0.25) is 0 Å². The van der Waals surface area contributed by atoms with Gasteiger partial charge < -0.3 is 5.32 Å². The fourth-order valence-electron chi connectivity index (χ4n) is 2.05. The predicted octanol–water partition coefficient (Wildman–Crippen LogP) is 4.54. The van der Waals surface area contributed by atoms with Gasteiger partial charge in [-0.1, -0.05) is 37.3 Å². The normalized spacial score (nSPS) is 12.2. The molecule has 0 saturated carbocycles. The first kappa shape index (κ1) is 14.4. The van der Waals surface area contributed by atoms with E-state index in [0.717, 1.165) is 18.1 Å². The van der Waals surface area contributed by atoms with E-state index in [1.165, 1.54) is 6.07 Å². The van der Waals surface area contributed by atoms with E-state index in [-0.39, 0.29) is 11.7 Å². The van der Waals surface area contributed by atoms with Gasteiger partial charge in [-0.3, -0.25) is 0 Å². The third-order valence-electron chi connectivity index (χ3n) is 3.21. The SMILES string of the molecule is CCC(Cc1ccccc1)Nc1ccc(F)c(F)c1F. The monoisotopic (exact) mass is 279 g/mol. The lowest BCUT2D eigenvalue weighted by Gasteiger charge is -2.19. The van der Waals surface area contributed by atoms with Gasteiger partial charge in [0.25, 0.3) is 0 Å². The van der Waals surface area contributed by atoms with Crippen LogP contribution in [0, 0.1) is 17.5 Å². The summed E-state index contributed by atoms with van der Waals surface area (Å²) >= 11 is 0. The van der Waals surface area contributed by atoms with Gasteiger partial charge >= 0.3 is 0 Å². The quantitative estimate of drug-likeness (QED) is 0.792. The average molecular weight is 279 g/mol. The molecule has 20 heavy (non-hydrogen) atoms. The molecule has 1 unspecified atom stereocenters. The van der Waals surface area contributed by atoms with Crippen LogP contribution >= 0.6 is 0 Å². The van der Waals surface area contributed by atoms with E-state index >= 15 is 0 Å². The highest BCUT2D eigenvalue weighted by atomic mass is 19.2. The van der Waals surface area contributed by atoms with Crippen LogP contribution in [0.4, 0.5) is 18.9 Å². The Bertz CT molecular complexity index is 569. The summed E-state index contributed by atoms with van der Waals surface area (Å²) in [5, 5.41) is 2.93. The van der Waals surface area contributed by atoms with E-state index in [9.17, 15) is 13.2 Å². The number of benzene rings is 2. The fraction of sp³-hybridized carbons (Fsp3) is 0.250. The fourth-order valence-corrected chi connectivity index (χ4v) is 2.05. The summed E-state index contributed by atoms with van der Waals surface area (Å²) in [6.45, 7) is 1.96. The standard InChI is InChI=1S/C16H16F3N/c1-2-12(10-11-6-4-3-5-7-11)20-14-9-8-13(17)15(18)16(14)19/h3-9,12,20H,2,10H2,1H3. The third-order valence-corrected chi connectivity index (χ3v) is 3.21. The van der Waals surface area contributed by atoms with Crippen LogP contribution < -0.4 is 5.32 Å². The Morgan fingerprint density at radius 2 is 1.65 bits per heavy atom. The molecule has 0 aliphatic heterocycles. The number of halogens is 3. The van der Waals surface area contributed by atoms with Crippen LogP contribution in [0.3, 0.4) is 0 Å².